The summed E-state index contributed by atoms with van der Waals surface area (Å²) in [6.07, 6.45) is 2.52. The summed E-state index contributed by atoms with van der Waals surface area (Å²) in [4.78, 5) is 18.3. The van der Waals surface area contributed by atoms with Crippen LogP contribution in [0, 0.1) is 6.92 Å². The first-order chi connectivity index (χ1) is 9.16. The predicted molar refractivity (Wildman–Crippen MR) is 70.6 cm³/mol. The molecule has 0 unspecified atom stereocenters. The smallest absolute Gasteiger partial charge is 0.272 e. The number of hydrogen-bond acceptors (Lipinski definition) is 3. The fraction of sp³-hybridized carbons (Fsp3) is 0.357. The highest BCUT2D eigenvalue weighted by molar-refractivity contribution is 5.92. The van der Waals surface area contributed by atoms with Crippen LogP contribution in [-0.4, -0.2) is 32.1 Å². The van der Waals surface area contributed by atoms with Crippen molar-refractivity contribution >= 4 is 5.91 Å². The number of carbonyl (C=O) groups excluding carboxylic acids is 1. The molecule has 98 valence electrons. The largest absolute Gasteiger partial charge is 0.331 e. The van der Waals surface area contributed by atoms with Gasteiger partial charge in [-0.1, -0.05) is 6.07 Å². The molecule has 0 saturated heterocycles. The molecule has 1 amide bonds. The molecule has 1 aliphatic heterocycles. The van der Waals surface area contributed by atoms with Gasteiger partial charge in [0.1, 0.15) is 5.69 Å². The minimum absolute atomic E-state index is 0.00916. The van der Waals surface area contributed by atoms with Gasteiger partial charge >= 0.3 is 0 Å². The molecule has 5 nitrogen and oxygen atoms in total. The Balaban J connectivity index is 1.86. The van der Waals surface area contributed by atoms with Gasteiger partial charge in [-0.3, -0.25) is 14.5 Å². The molecule has 0 aliphatic carbocycles. The summed E-state index contributed by atoms with van der Waals surface area (Å²) in [5, 5.41) is 4.42. The van der Waals surface area contributed by atoms with Crippen LogP contribution in [0.2, 0.25) is 0 Å². The van der Waals surface area contributed by atoms with Gasteiger partial charge < -0.3 is 4.90 Å². The fourth-order valence-electron chi connectivity index (χ4n) is 2.60. The quantitative estimate of drug-likeness (QED) is 0.773. The third kappa shape index (κ3) is 2.01. The predicted octanol–water partition coefficient (Wildman–Crippen LogP) is 1.32. The fourth-order valence-corrected chi connectivity index (χ4v) is 2.60. The number of aromatic nitrogens is 3. The maximum Gasteiger partial charge on any atom is 0.272 e. The summed E-state index contributed by atoms with van der Waals surface area (Å²) >= 11 is 0. The van der Waals surface area contributed by atoms with Gasteiger partial charge in [-0.15, -0.1) is 0 Å². The lowest BCUT2D eigenvalue weighted by molar-refractivity contribution is 0.0724. The molecule has 0 saturated carbocycles. The number of aryl methyl sites for hydroxylation is 2. The highest BCUT2D eigenvalue weighted by atomic mass is 16.2. The van der Waals surface area contributed by atoms with Gasteiger partial charge in [0.2, 0.25) is 0 Å². The zero-order valence-corrected chi connectivity index (χ0v) is 11.1. The van der Waals surface area contributed by atoms with Crippen molar-refractivity contribution in [3.8, 4) is 0 Å². The van der Waals surface area contributed by atoms with Gasteiger partial charge in [0.15, 0.2) is 0 Å². The molecule has 3 heterocycles. The molecule has 19 heavy (non-hydrogen) atoms. The van der Waals surface area contributed by atoms with Gasteiger partial charge in [-0.2, -0.15) is 5.10 Å². The second-order valence-electron chi connectivity index (χ2n) is 4.83. The van der Waals surface area contributed by atoms with Crippen LogP contribution in [0.15, 0.2) is 24.4 Å². The Labute approximate surface area is 111 Å². The number of carbonyl (C=O) groups is 1. The van der Waals surface area contributed by atoms with Gasteiger partial charge in [0, 0.05) is 19.8 Å². The SMILES string of the molecule is Cc1nn(C)c2c1CCN(C(=O)c1ccccn1)C2. The van der Waals surface area contributed by atoms with Crippen molar-refractivity contribution in [3.05, 3.63) is 47.0 Å². The van der Waals surface area contributed by atoms with E-state index < -0.39 is 0 Å². The van der Waals surface area contributed by atoms with E-state index in [2.05, 4.69) is 10.1 Å². The van der Waals surface area contributed by atoms with Gasteiger partial charge in [0.05, 0.1) is 17.9 Å². The van der Waals surface area contributed by atoms with E-state index in [9.17, 15) is 4.79 Å². The van der Waals surface area contributed by atoms with Crippen molar-refractivity contribution in [1.82, 2.24) is 19.7 Å². The summed E-state index contributed by atoms with van der Waals surface area (Å²) in [7, 11) is 1.93. The van der Waals surface area contributed by atoms with E-state index in [0.29, 0.717) is 12.2 Å². The average molecular weight is 256 g/mol. The molecule has 0 aromatic carbocycles. The molecule has 1 aliphatic rings. The van der Waals surface area contributed by atoms with E-state index >= 15 is 0 Å². The number of rotatable bonds is 1. The van der Waals surface area contributed by atoms with Gasteiger partial charge in [-0.25, -0.2) is 0 Å². The Hall–Kier alpha value is -2.17. The van der Waals surface area contributed by atoms with Crippen molar-refractivity contribution in [1.29, 1.82) is 0 Å². The third-order valence-corrected chi connectivity index (χ3v) is 3.62. The minimum atomic E-state index is -0.00916. The Kier molecular flexibility index (Phi) is 2.81. The Morgan fingerprint density at radius 3 is 2.95 bits per heavy atom. The minimum Gasteiger partial charge on any atom is -0.331 e. The Morgan fingerprint density at radius 1 is 1.37 bits per heavy atom. The van der Waals surface area contributed by atoms with E-state index in [1.54, 1.807) is 12.3 Å². The van der Waals surface area contributed by atoms with Crippen LogP contribution < -0.4 is 0 Å². The summed E-state index contributed by atoms with van der Waals surface area (Å²) < 4.78 is 1.88. The number of fused-ring (bicyclic) bond motifs is 1. The van der Waals surface area contributed by atoms with Crippen LogP contribution >= 0.6 is 0 Å². The Bertz CT molecular complexity index is 618. The second kappa shape index (κ2) is 4.50. The molecular formula is C14H16N4O. The van der Waals surface area contributed by atoms with Crippen molar-refractivity contribution in [3.63, 3.8) is 0 Å². The third-order valence-electron chi connectivity index (χ3n) is 3.62. The average Bonchev–Trinajstić information content (AvgIpc) is 2.74. The number of hydrogen-bond donors (Lipinski definition) is 0. The highest BCUT2D eigenvalue weighted by Crippen LogP contribution is 2.22. The molecular weight excluding hydrogens is 240 g/mol. The number of nitrogens with zero attached hydrogens (tertiary/aromatic N) is 4. The molecule has 0 spiro atoms. The van der Waals surface area contributed by atoms with E-state index in [4.69, 9.17) is 0 Å². The van der Waals surface area contributed by atoms with Crippen LogP contribution in [0.25, 0.3) is 0 Å². The number of amides is 1. The van der Waals surface area contributed by atoms with E-state index in [1.807, 2.05) is 35.7 Å². The first-order valence-corrected chi connectivity index (χ1v) is 6.38. The van der Waals surface area contributed by atoms with E-state index in [0.717, 1.165) is 24.4 Å². The van der Waals surface area contributed by atoms with Crippen LogP contribution in [-0.2, 0) is 20.0 Å². The topological polar surface area (TPSA) is 51.0 Å². The first kappa shape index (κ1) is 11.9. The van der Waals surface area contributed by atoms with Crippen LogP contribution in [0.5, 0.6) is 0 Å². The molecule has 0 N–H and O–H groups in total. The second-order valence-corrected chi connectivity index (χ2v) is 4.83. The molecule has 0 radical (unpaired) electrons. The molecule has 0 bridgehead atoms. The first-order valence-electron chi connectivity index (χ1n) is 6.38. The molecule has 5 heteroatoms. The highest BCUT2D eigenvalue weighted by Gasteiger charge is 2.26. The standard InChI is InChI=1S/C14H16N4O/c1-10-11-6-8-18(9-13(11)17(2)16-10)14(19)12-5-3-4-7-15-12/h3-5,7H,6,8-9H2,1-2H3. The molecule has 3 rings (SSSR count). The maximum atomic E-state index is 12.4. The lowest BCUT2D eigenvalue weighted by Gasteiger charge is -2.27. The monoisotopic (exact) mass is 256 g/mol. The summed E-state index contributed by atoms with van der Waals surface area (Å²) in [6, 6.07) is 5.41. The zero-order chi connectivity index (χ0) is 13.4. The van der Waals surface area contributed by atoms with E-state index in [-0.39, 0.29) is 5.91 Å². The van der Waals surface area contributed by atoms with Crippen LogP contribution in [0.4, 0.5) is 0 Å². The molecule has 0 atom stereocenters. The van der Waals surface area contributed by atoms with Crippen LogP contribution in [0.1, 0.15) is 27.4 Å². The lowest BCUT2D eigenvalue weighted by Crippen LogP contribution is -2.37. The lowest BCUT2D eigenvalue weighted by atomic mass is 10.0. The molecule has 0 fully saturated rings. The Morgan fingerprint density at radius 2 is 2.21 bits per heavy atom. The normalized spacial score (nSPS) is 14.3. The summed E-state index contributed by atoms with van der Waals surface area (Å²) in [5.74, 6) is -0.00916. The van der Waals surface area contributed by atoms with Crippen molar-refractivity contribution in [2.75, 3.05) is 6.54 Å². The van der Waals surface area contributed by atoms with Crippen molar-refractivity contribution < 1.29 is 4.79 Å². The van der Waals surface area contributed by atoms with Crippen molar-refractivity contribution in [2.45, 2.75) is 19.9 Å². The molecule has 2 aromatic rings. The summed E-state index contributed by atoms with van der Waals surface area (Å²) in [6.45, 7) is 3.37. The molecule has 2 aromatic heterocycles. The number of pyridine rings is 1. The van der Waals surface area contributed by atoms with Gasteiger partial charge in [0.25, 0.3) is 5.91 Å². The van der Waals surface area contributed by atoms with Gasteiger partial charge in [-0.05, 0) is 31.0 Å². The maximum absolute atomic E-state index is 12.4. The summed E-state index contributed by atoms with van der Waals surface area (Å²) in [5.41, 5.74) is 3.99. The zero-order valence-electron chi connectivity index (χ0n) is 11.1. The van der Waals surface area contributed by atoms with E-state index in [1.165, 1.54) is 5.56 Å². The van der Waals surface area contributed by atoms with Crippen molar-refractivity contribution in [2.24, 2.45) is 7.05 Å². The van der Waals surface area contributed by atoms with Crippen LogP contribution in [0.3, 0.4) is 0 Å².